The number of nitrogens with one attached hydrogen (secondary N) is 1. The molecule has 0 radical (unpaired) electrons. The molecule has 0 fully saturated rings. The number of anilines is 1. The molecular weight excluding hydrogens is 262 g/mol. The smallest absolute Gasteiger partial charge is 0.181 e. The first-order chi connectivity index (χ1) is 10.2. The monoisotopic (exact) mass is 287 g/mol. The molecule has 2 aromatic rings. The van der Waals surface area contributed by atoms with E-state index in [9.17, 15) is 0 Å². The summed E-state index contributed by atoms with van der Waals surface area (Å²) in [5.74, 6) is 0.786. The van der Waals surface area contributed by atoms with Gasteiger partial charge in [-0.15, -0.1) is 5.10 Å². The Labute approximate surface area is 126 Å². The Hall–Kier alpha value is -1.91. The fourth-order valence-corrected chi connectivity index (χ4v) is 2.46. The summed E-state index contributed by atoms with van der Waals surface area (Å²) < 4.78 is 1.69. The zero-order chi connectivity index (χ0) is 15.1. The summed E-state index contributed by atoms with van der Waals surface area (Å²) in [6.45, 7) is 4.48. The van der Waals surface area contributed by atoms with Gasteiger partial charge in [0.05, 0.1) is 0 Å². The summed E-state index contributed by atoms with van der Waals surface area (Å²) >= 11 is 0. The van der Waals surface area contributed by atoms with E-state index in [1.807, 2.05) is 19.2 Å². The van der Waals surface area contributed by atoms with Gasteiger partial charge in [0, 0.05) is 24.3 Å². The van der Waals surface area contributed by atoms with Crippen LogP contribution in [0.3, 0.4) is 0 Å². The molecule has 0 spiro atoms. The van der Waals surface area contributed by atoms with Crippen LogP contribution in [0.15, 0.2) is 24.3 Å². The second kappa shape index (κ2) is 7.76. The van der Waals surface area contributed by atoms with Gasteiger partial charge in [-0.3, -0.25) is 0 Å². The quantitative estimate of drug-likeness (QED) is 0.753. The molecule has 0 bridgehead atoms. The number of benzene rings is 1. The third-order valence-electron chi connectivity index (χ3n) is 3.64. The maximum atomic E-state index is 4.05. The fraction of sp³-hybridized carbons (Fsp3) is 0.562. The van der Waals surface area contributed by atoms with Gasteiger partial charge in [0.2, 0.25) is 0 Å². The van der Waals surface area contributed by atoms with E-state index in [1.54, 1.807) is 4.68 Å². The number of tetrazole rings is 1. The molecule has 1 aromatic carbocycles. The summed E-state index contributed by atoms with van der Waals surface area (Å²) in [7, 11) is 1.85. The molecule has 0 amide bonds. The zero-order valence-corrected chi connectivity index (χ0v) is 13.2. The minimum atomic E-state index is 0.481. The lowest BCUT2D eigenvalue weighted by molar-refractivity contribution is 0.594. The molecule has 2 rings (SSSR count). The van der Waals surface area contributed by atoms with Crippen LogP contribution in [0.4, 0.5) is 5.69 Å². The average molecular weight is 287 g/mol. The van der Waals surface area contributed by atoms with E-state index in [1.165, 1.54) is 32.1 Å². The van der Waals surface area contributed by atoms with Gasteiger partial charge in [0.15, 0.2) is 5.82 Å². The fourth-order valence-electron chi connectivity index (χ4n) is 2.46. The minimum Gasteiger partial charge on any atom is -0.383 e. The van der Waals surface area contributed by atoms with Crippen LogP contribution in [0.25, 0.3) is 11.4 Å². The molecule has 1 atom stereocenters. The summed E-state index contributed by atoms with van der Waals surface area (Å²) in [5.41, 5.74) is 2.16. The number of aryl methyl sites for hydroxylation is 1. The first-order valence-corrected chi connectivity index (χ1v) is 7.80. The van der Waals surface area contributed by atoms with Crippen molar-refractivity contribution in [1.82, 2.24) is 20.2 Å². The van der Waals surface area contributed by atoms with Crippen molar-refractivity contribution in [3.8, 4) is 11.4 Å². The lowest BCUT2D eigenvalue weighted by Gasteiger charge is -2.15. The molecule has 0 aliphatic carbocycles. The molecule has 5 heteroatoms. The number of hydrogen-bond donors (Lipinski definition) is 1. The van der Waals surface area contributed by atoms with Crippen molar-refractivity contribution in [1.29, 1.82) is 0 Å². The molecule has 0 aliphatic heterocycles. The molecule has 1 aromatic heterocycles. The Morgan fingerprint density at radius 1 is 1.24 bits per heavy atom. The lowest BCUT2D eigenvalue weighted by Crippen LogP contribution is -2.14. The summed E-state index contributed by atoms with van der Waals surface area (Å²) in [6, 6.07) is 8.75. The molecule has 1 N–H and O–H groups in total. The van der Waals surface area contributed by atoms with Crippen LogP contribution in [-0.4, -0.2) is 26.2 Å². The van der Waals surface area contributed by atoms with Gasteiger partial charge in [0.1, 0.15) is 0 Å². The van der Waals surface area contributed by atoms with Crippen LogP contribution < -0.4 is 5.32 Å². The highest BCUT2D eigenvalue weighted by atomic mass is 15.5. The van der Waals surface area contributed by atoms with Crippen LogP contribution in [0.1, 0.15) is 46.0 Å². The maximum absolute atomic E-state index is 4.05. The van der Waals surface area contributed by atoms with Gasteiger partial charge in [0.25, 0.3) is 0 Å². The van der Waals surface area contributed by atoms with Crippen LogP contribution in [0, 0.1) is 0 Å². The third kappa shape index (κ3) is 4.55. The summed E-state index contributed by atoms with van der Waals surface area (Å²) in [5, 5.41) is 15.2. The van der Waals surface area contributed by atoms with Crippen molar-refractivity contribution in [3.63, 3.8) is 0 Å². The highest BCUT2D eigenvalue weighted by Crippen LogP contribution is 2.20. The van der Waals surface area contributed by atoms with Gasteiger partial charge in [-0.1, -0.05) is 44.7 Å². The van der Waals surface area contributed by atoms with Crippen LogP contribution in [-0.2, 0) is 7.05 Å². The summed E-state index contributed by atoms with van der Waals surface area (Å²) in [6.07, 6.45) is 6.44. The minimum absolute atomic E-state index is 0.481. The first-order valence-electron chi connectivity index (χ1n) is 7.80. The Bertz CT molecular complexity index is 549. The molecule has 21 heavy (non-hydrogen) atoms. The molecule has 1 heterocycles. The molecule has 0 aliphatic rings. The van der Waals surface area contributed by atoms with E-state index >= 15 is 0 Å². The van der Waals surface area contributed by atoms with E-state index in [-0.39, 0.29) is 0 Å². The Morgan fingerprint density at radius 3 is 2.81 bits per heavy atom. The largest absolute Gasteiger partial charge is 0.383 e. The standard InChI is InChI=1S/C16H25N5/c1-4-5-6-7-9-13(2)17-15-11-8-10-14(12-15)16-18-19-20-21(16)3/h8,10-13,17H,4-7,9H2,1-3H3. The van der Waals surface area contributed by atoms with Crippen molar-refractivity contribution in [2.24, 2.45) is 7.05 Å². The molecule has 114 valence electrons. The van der Waals surface area contributed by atoms with Crippen molar-refractivity contribution in [2.75, 3.05) is 5.32 Å². The van der Waals surface area contributed by atoms with E-state index in [0.29, 0.717) is 6.04 Å². The normalized spacial score (nSPS) is 12.3. The van der Waals surface area contributed by atoms with E-state index in [2.05, 4.69) is 46.8 Å². The average Bonchev–Trinajstić information content (AvgIpc) is 2.90. The van der Waals surface area contributed by atoms with E-state index in [0.717, 1.165) is 17.1 Å². The van der Waals surface area contributed by atoms with Crippen molar-refractivity contribution >= 4 is 5.69 Å². The van der Waals surface area contributed by atoms with Crippen molar-refractivity contribution in [2.45, 2.75) is 52.0 Å². The van der Waals surface area contributed by atoms with Gasteiger partial charge in [-0.05, 0) is 35.9 Å². The SMILES string of the molecule is CCCCCCC(C)Nc1cccc(-c2nnnn2C)c1. The summed E-state index contributed by atoms with van der Waals surface area (Å²) in [4.78, 5) is 0. The van der Waals surface area contributed by atoms with Gasteiger partial charge < -0.3 is 5.32 Å². The second-order valence-corrected chi connectivity index (χ2v) is 5.60. The third-order valence-corrected chi connectivity index (χ3v) is 3.64. The molecule has 0 saturated carbocycles. The highest BCUT2D eigenvalue weighted by Gasteiger charge is 2.07. The number of hydrogen-bond acceptors (Lipinski definition) is 4. The molecule has 0 saturated heterocycles. The second-order valence-electron chi connectivity index (χ2n) is 5.60. The van der Waals surface area contributed by atoms with Gasteiger partial charge >= 0.3 is 0 Å². The van der Waals surface area contributed by atoms with Gasteiger partial charge in [-0.25, -0.2) is 4.68 Å². The van der Waals surface area contributed by atoms with Crippen molar-refractivity contribution in [3.05, 3.63) is 24.3 Å². The Kier molecular flexibility index (Phi) is 5.72. The molecule has 5 nitrogen and oxygen atoms in total. The number of nitrogens with zero attached hydrogens (tertiary/aromatic N) is 4. The predicted molar refractivity (Wildman–Crippen MR) is 86.1 cm³/mol. The Balaban J connectivity index is 1.94. The van der Waals surface area contributed by atoms with Crippen LogP contribution >= 0.6 is 0 Å². The van der Waals surface area contributed by atoms with Crippen LogP contribution in [0.2, 0.25) is 0 Å². The predicted octanol–water partition coefficient (Wildman–Crippen LogP) is 3.65. The lowest BCUT2D eigenvalue weighted by atomic mass is 10.1. The van der Waals surface area contributed by atoms with Crippen LogP contribution in [0.5, 0.6) is 0 Å². The van der Waals surface area contributed by atoms with Crippen molar-refractivity contribution < 1.29 is 0 Å². The van der Waals surface area contributed by atoms with E-state index < -0.39 is 0 Å². The number of aromatic nitrogens is 4. The molecular formula is C16H25N5. The van der Waals surface area contributed by atoms with Gasteiger partial charge in [-0.2, -0.15) is 0 Å². The number of unbranched alkanes of at least 4 members (excludes halogenated alkanes) is 3. The van der Waals surface area contributed by atoms with E-state index in [4.69, 9.17) is 0 Å². The Morgan fingerprint density at radius 2 is 2.10 bits per heavy atom. The maximum Gasteiger partial charge on any atom is 0.181 e. The zero-order valence-electron chi connectivity index (χ0n) is 13.2. The first kappa shape index (κ1) is 15.5. The number of rotatable bonds is 8. The highest BCUT2D eigenvalue weighted by molar-refractivity contribution is 5.62. The molecule has 1 unspecified atom stereocenters. The topological polar surface area (TPSA) is 55.6 Å².